The molecule has 60 valence electrons. The summed E-state index contributed by atoms with van der Waals surface area (Å²) in [5.74, 6) is 0. The van der Waals surface area contributed by atoms with E-state index >= 15 is 0 Å². The van der Waals surface area contributed by atoms with Crippen LogP contribution in [0, 0.1) is 0 Å². The van der Waals surface area contributed by atoms with Gasteiger partial charge < -0.3 is 9.84 Å². The van der Waals surface area contributed by atoms with E-state index in [-0.39, 0.29) is 12.7 Å². The summed E-state index contributed by atoms with van der Waals surface area (Å²) in [6.45, 7) is 4.56. The highest BCUT2D eigenvalue weighted by Crippen LogP contribution is 1.98. The van der Waals surface area contributed by atoms with Gasteiger partial charge in [-0.15, -0.1) is 0 Å². The van der Waals surface area contributed by atoms with Crippen LogP contribution in [-0.2, 0) is 4.74 Å². The molecule has 2 nitrogen and oxygen atoms in total. The van der Waals surface area contributed by atoms with Crippen molar-refractivity contribution in [2.24, 2.45) is 0 Å². The molecule has 0 aromatic rings. The Morgan fingerprint density at radius 2 is 2.30 bits per heavy atom. The first-order valence-electron chi connectivity index (χ1n) is 3.70. The second-order valence-corrected chi connectivity index (χ2v) is 2.07. The highest BCUT2D eigenvalue weighted by atomic mass is 16.5. The Hall–Kier alpha value is -0.340. The largest absolute Gasteiger partial charge is 0.394 e. The van der Waals surface area contributed by atoms with Gasteiger partial charge in [0.15, 0.2) is 0 Å². The third kappa shape index (κ3) is 4.53. The number of hydrogen-bond acceptors (Lipinski definition) is 2. The summed E-state index contributed by atoms with van der Waals surface area (Å²) in [5, 5.41) is 8.43. The number of aliphatic hydroxyl groups is 1. The lowest BCUT2D eigenvalue weighted by atomic mass is 10.2. The average Bonchev–Trinajstić information content (AvgIpc) is 1.98. The zero-order valence-electron chi connectivity index (χ0n) is 6.71. The van der Waals surface area contributed by atoms with Gasteiger partial charge in [0.1, 0.15) is 0 Å². The van der Waals surface area contributed by atoms with E-state index in [4.69, 9.17) is 9.84 Å². The maximum atomic E-state index is 8.43. The first kappa shape index (κ1) is 9.66. The lowest BCUT2D eigenvalue weighted by Crippen LogP contribution is -2.11. The van der Waals surface area contributed by atoms with Crippen LogP contribution in [0.4, 0.5) is 0 Å². The van der Waals surface area contributed by atoms with Crippen LogP contribution >= 0.6 is 0 Å². The summed E-state index contributed by atoms with van der Waals surface area (Å²) in [6, 6.07) is 0. The number of allylic oxidation sites excluding steroid dienone is 1. The number of rotatable bonds is 5. The Morgan fingerprint density at radius 1 is 1.60 bits per heavy atom. The summed E-state index contributed by atoms with van der Waals surface area (Å²) in [6.07, 6.45) is 5.10. The molecule has 0 fully saturated rings. The number of hydrogen-bond donors (Lipinski definition) is 1. The zero-order valence-corrected chi connectivity index (χ0v) is 6.71. The fraction of sp³-hybridized carbons (Fsp3) is 0.750. The van der Waals surface area contributed by atoms with E-state index in [1.165, 1.54) is 0 Å². The molecule has 0 rings (SSSR count). The van der Waals surface area contributed by atoms with Crippen molar-refractivity contribution in [2.75, 3.05) is 13.2 Å². The molecule has 0 aliphatic rings. The van der Waals surface area contributed by atoms with Crippen LogP contribution in [0.15, 0.2) is 12.2 Å². The van der Waals surface area contributed by atoms with Crippen LogP contribution in [-0.4, -0.2) is 24.4 Å². The summed E-state index contributed by atoms with van der Waals surface area (Å²) in [5.41, 5.74) is 0. The van der Waals surface area contributed by atoms with E-state index in [1.807, 2.05) is 19.1 Å². The van der Waals surface area contributed by atoms with Crippen molar-refractivity contribution in [3.05, 3.63) is 12.2 Å². The molecule has 10 heavy (non-hydrogen) atoms. The Balaban J connectivity index is 3.39. The summed E-state index contributed by atoms with van der Waals surface area (Å²) >= 11 is 0. The fourth-order valence-corrected chi connectivity index (χ4v) is 0.728. The summed E-state index contributed by atoms with van der Waals surface area (Å²) in [7, 11) is 0. The van der Waals surface area contributed by atoms with Crippen LogP contribution in [0.1, 0.15) is 20.3 Å². The molecular formula is C8H16O2. The van der Waals surface area contributed by atoms with E-state index in [9.17, 15) is 0 Å². The minimum Gasteiger partial charge on any atom is -0.394 e. The molecule has 2 heteroatoms. The molecule has 0 amide bonds. The van der Waals surface area contributed by atoms with Crippen LogP contribution < -0.4 is 0 Å². The fourth-order valence-electron chi connectivity index (χ4n) is 0.728. The molecule has 0 aliphatic heterocycles. The van der Waals surface area contributed by atoms with Crippen molar-refractivity contribution < 1.29 is 9.84 Å². The lowest BCUT2D eigenvalue weighted by molar-refractivity contribution is 0.0528. The van der Waals surface area contributed by atoms with Gasteiger partial charge in [-0.1, -0.05) is 19.1 Å². The van der Waals surface area contributed by atoms with Crippen molar-refractivity contribution in [3.8, 4) is 0 Å². The minimum absolute atomic E-state index is 0.105. The second kappa shape index (κ2) is 6.78. The zero-order chi connectivity index (χ0) is 7.82. The molecule has 1 N–H and O–H groups in total. The SMILES string of the molecule is C/C=C/C(CC)OCCO. The Bertz CT molecular complexity index is 89.3. The molecule has 0 aromatic heterocycles. The molecule has 0 saturated heterocycles. The van der Waals surface area contributed by atoms with Gasteiger partial charge in [-0.25, -0.2) is 0 Å². The second-order valence-electron chi connectivity index (χ2n) is 2.07. The van der Waals surface area contributed by atoms with Gasteiger partial charge >= 0.3 is 0 Å². The van der Waals surface area contributed by atoms with Crippen molar-refractivity contribution in [3.63, 3.8) is 0 Å². The molecule has 0 spiro atoms. The number of aliphatic hydroxyl groups excluding tert-OH is 1. The molecule has 0 bridgehead atoms. The van der Waals surface area contributed by atoms with Crippen molar-refractivity contribution >= 4 is 0 Å². The molecule has 0 aliphatic carbocycles. The Kier molecular flexibility index (Phi) is 6.55. The van der Waals surface area contributed by atoms with Crippen molar-refractivity contribution in [2.45, 2.75) is 26.4 Å². The van der Waals surface area contributed by atoms with Gasteiger partial charge in [-0.3, -0.25) is 0 Å². The predicted octanol–water partition coefficient (Wildman–Crippen LogP) is 1.35. The average molecular weight is 144 g/mol. The standard InChI is InChI=1S/C8H16O2/c1-3-5-8(4-2)10-7-6-9/h3,5,8-9H,4,6-7H2,1-2H3/b5-3+. The van der Waals surface area contributed by atoms with Gasteiger partial charge in [-0.05, 0) is 13.3 Å². The van der Waals surface area contributed by atoms with Gasteiger partial charge in [0, 0.05) is 0 Å². The normalized spacial score (nSPS) is 14.3. The van der Waals surface area contributed by atoms with E-state index < -0.39 is 0 Å². The molecular weight excluding hydrogens is 128 g/mol. The maximum absolute atomic E-state index is 8.43. The Morgan fingerprint density at radius 3 is 2.70 bits per heavy atom. The van der Waals surface area contributed by atoms with Gasteiger partial charge in [0.2, 0.25) is 0 Å². The van der Waals surface area contributed by atoms with E-state index in [0.29, 0.717) is 6.61 Å². The Labute approximate surface area is 62.5 Å². The molecule has 0 heterocycles. The smallest absolute Gasteiger partial charge is 0.0754 e. The van der Waals surface area contributed by atoms with E-state index in [2.05, 4.69) is 6.92 Å². The molecule has 1 unspecified atom stereocenters. The third-order valence-corrected chi connectivity index (χ3v) is 1.23. The van der Waals surface area contributed by atoms with Crippen LogP contribution in [0.3, 0.4) is 0 Å². The van der Waals surface area contributed by atoms with Crippen LogP contribution in [0.2, 0.25) is 0 Å². The van der Waals surface area contributed by atoms with Gasteiger partial charge in [-0.2, -0.15) is 0 Å². The highest BCUT2D eigenvalue weighted by Gasteiger charge is 1.98. The lowest BCUT2D eigenvalue weighted by Gasteiger charge is -2.09. The number of ether oxygens (including phenoxy) is 1. The topological polar surface area (TPSA) is 29.5 Å². The maximum Gasteiger partial charge on any atom is 0.0754 e. The van der Waals surface area contributed by atoms with Gasteiger partial charge in [0.05, 0.1) is 19.3 Å². The summed E-state index contributed by atoms with van der Waals surface area (Å²) < 4.78 is 5.24. The highest BCUT2D eigenvalue weighted by molar-refractivity contribution is 4.85. The quantitative estimate of drug-likeness (QED) is 0.590. The predicted molar refractivity (Wildman–Crippen MR) is 41.9 cm³/mol. The first-order valence-corrected chi connectivity index (χ1v) is 3.70. The van der Waals surface area contributed by atoms with Gasteiger partial charge in [0.25, 0.3) is 0 Å². The minimum atomic E-state index is 0.105. The third-order valence-electron chi connectivity index (χ3n) is 1.23. The van der Waals surface area contributed by atoms with Crippen molar-refractivity contribution in [1.29, 1.82) is 0 Å². The van der Waals surface area contributed by atoms with E-state index in [1.54, 1.807) is 0 Å². The van der Waals surface area contributed by atoms with Crippen molar-refractivity contribution in [1.82, 2.24) is 0 Å². The summed E-state index contributed by atoms with van der Waals surface area (Å²) in [4.78, 5) is 0. The van der Waals surface area contributed by atoms with E-state index in [0.717, 1.165) is 6.42 Å². The molecule has 0 radical (unpaired) electrons. The molecule has 0 saturated carbocycles. The molecule has 0 aromatic carbocycles. The molecule has 1 atom stereocenters. The van der Waals surface area contributed by atoms with Crippen LogP contribution in [0.5, 0.6) is 0 Å². The first-order chi connectivity index (χ1) is 4.85. The van der Waals surface area contributed by atoms with Crippen LogP contribution in [0.25, 0.3) is 0 Å². The monoisotopic (exact) mass is 144 g/mol.